The van der Waals surface area contributed by atoms with E-state index in [1.54, 1.807) is 0 Å². The molecule has 0 bridgehead atoms. The minimum Gasteiger partial charge on any atom is -0.304 e. The average Bonchev–Trinajstić information content (AvgIpc) is 2.52. The van der Waals surface area contributed by atoms with E-state index in [0.29, 0.717) is 0 Å². The predicted octanol–water partition coefficient (Wildman–Crippen LogP) is 3.16. The predicted molar refractivity (Wildman–Crippen MR) is 94.0 cm³/mol. The van der Waals surface area contributed by atoms with Crippen LogP contribution >= 0.6 is 0 Å². The van der Waals surface area contributed by atoms with Crippen molar-refractivity contribution in [2.24, 2.45) is 5.92 Å². The quantitative estimate of drug-likeness (QED) is 0.772. The van der Waals surface area contributed by atoms with Gasteiger partial charge in [0.1, 0.15) is 0 Å². The molecule has 0 amide bonds. The van der Waals surface area contributed by atoms with Crippen molar-refractivity contribution in [2.45, 2.75) is 59.4 Å². The van der Waals surface area contributed by atoms with Gasteiger partial charge in [0.2, 0.25) is 0 Å². The standard InChI is InChI=1S/C16H33N3.C2H6/c1-15(2)19-9-6-16(7-10-19)5-4-8-18-13-11-17(3)12-14-18;1-2/h15-16H,4-14H2,1-3H3;1-2H3. The first kappa shape index (κ1) is 18.9. The van der Waals surface area contributed by atoms with E-state index < -0.39 is 0 Å². The van der Waals surface area contributed by atoms with Crippen molar-refractivity contribution in [3.05, 3.63) is 0 Å². The number of nitrogens with zero attached hydrogens (tertiary/aromatic N) is 3. The minimum absolute atomic E-state index is 0.742. The van der Waals surface area contributed by atoms with Crippen molar-refractivity contribution in [3.8, 4) is 0 Å². The smallest absolute Gasteiger partial charge is 0.0110 e. The highest BCUT2D eigenvalue weighted by Gasteiger charge is 2.21. The van der Waals surface area contributed by atoms with Crippen LogP contribution in [0.1, 0.15) is 53.4 Å². The zero-order valence-corrected chi connectivity index (χ0v) is 15.3. The van der Waals surface area contributed by atoms with Crippen LogP contribution in [0.15, 0.2) is 0 Å². The highest BCUT2D eigenvalue weighted by molar-refractivity contribution is 4.75. The minimum atomic E-state index is 0.742. The van der Waals surface area contributed by atoms with E-state index in [2.05, 4.69) is 35.6 Å². The van der Waals surface area contributed by atoms with Crippen LogP contribution in [0, 0.1) is 5.92 Å². The second kappa shape index (κ2) is 10.6. The van der Waals surface area contributed by atoms with Crippen LogP contribution < -0.4 is 0 Å². The maximum absolute atomic E-state index is 2.66. The second-order valence-corrected chi connectivity index (χ2v) is 6.86. The molecule has 2 aliphatic rings. The zero-order chi connectivity index (χ0) is 15.7. The summed E-state index contributed by atoms with van der Waals surface area (Å²) in [5.74, 6) is 1.00. The highest BCUT2D eigenvalue weighted by atomic mass is 15.2. The molecule has 2 saturated heterocycles. The Bertz CT molecular complexity index is 239. The summed E-state index contributed by atoms with van der Waals surface area (Å²) in [6, 6.07) is 0.742. The number of piperazine rings is 1. The summed E-state index contributed by atoms with van der Waals surface area (Å²) in [6.07, 6.45) is 5.73. The molecule has 0 radical (unpaired) electrons. The van der Waals surface area contributed by atoms with E-state index in [0.717, 1.165) is 12.0 Å². The first-order valence-corrected chi connectivity index (χ1v) is 9.30. The molecule has 2 rings (SSSR count). The van der Waals surface area contributed by atoms with E-state index in [4.69, 9.17) is 0 Å². The Morgan fingerprint density at radius 1 is 0.905 bits per heavy atom. The van der Waals surface area contributed by atoms with E-state index in [-0.39, 0.29) is 0 Å². The third kappa shape index (κ3) is 7.12. The number of likely N-dealkylation sites (N-methyl/N-ethyl adjacent to an activating group) is 1. The summed E-state index contributed by atoms with van der Waals surface area (Å²) in [7, 11) is 2.24. The van der Waals surface area contributed by atoms with Crippen molar-refractivity contribution in [3.63, 3.8) is 0 Å². The van der Waals surface area contributed by atoms with Gasteiger partial charge in [-0.15, -0.1) is 0 Å². The maximum atomic E-state index is 2.66. The number of rotatable bonds is 5. The van der Waals surface area contributed by atoms with Gasteiger partial charge in [0, 0.05) is 32.2 Å². The van der Waals surface area contributed by atoms with Gasteiger partial charge < -0.3 is 14.7 Å². The van der Waals surface area contributed by atoms with Crippen LogP contribution in [-0.4, -0.2) is 73.6 Å². The van der Waals surface area contributed by atoms with Gasteiger partial charge in [0.05, 0.1) is 0 Å². The Hall–Kier alpha value is -0.120. The number of hydrogen-bond acceptors (Lipinski definition) is 3. The van der Waals surface area contributed by atoms with Crippen LogP contribution in [0.4, 0.5) is 0 Å². The molecule has 0 saturated carbocycles. The molecule has 3 nitrogen and oxygen atoms in total. The van der Waals surface area contributed by atoms with Gasteiger partial charge >= 0.3 is 0 Å². The Labute approximate surface area is 133 Å². The van der Waals surface area contributed by atoms with Crippen molar-refractivity contribution in [1.29, 1.82) is 0 Å². The van der Waals surface area contributed by atoms with Crippen LogP contribution in [0.2, 0.25) is 0 Å². The van der Waals surface area contributed by atoms with Gasteiger partial charge in [-0.3, -0.25) is 0 Å². The summed E-state index contributed by atoms with van der Waals surface area (Å²) in [6.45, 7) is 17.7. The van der Waals surface area contributed by atoms with Crippen molar-refractivity contribution in [2.75, 3.05) is 52.9 Å². The Kier molecular flexibility index (Phi) is 9.54. The molecule has 0 spiro atoms. The van der Waals surface area contributed by atoms with Gasteiger partial charge in [0.25, 0.3) is 0 Å². The lowest BCUT2D eigenvalue weighted by Crippen LogP contribution is -2.44. The lowest BCUT2D eigenvalue weighted by molar-refractivity contribution is 0.131. The molecule has 126 valence electrons. The van der Waals surface area contributed by atoms with E-state index in [1.807, 2.05) is 13.8 Å². The number of piperidine rings is 1. The van der Waals surface area contributed by atoms with Crippen LogP contribution in [0.5, 0.6) is 0 Å². The second-order valence-electron chi connectivity index (χ2n) is 6.86. The fourth-order valence-electron chi connectivity index (χ4n) is 3.43. The Morgan fingerprint density at radius 2 is 1.48 bits per heavy atom. The maximum Gasteiger partial charge on any atom is 0.0110 e. The van der Waals surface area contributed by atoms with Gasteiger partial charge in [0.15, 0.2) is 0 Å². The van der Waals surface area contributed by atoms with E-state index >= 15 is 0 Å². The van der Waals surface area contributed by atoms with E-state index in [9.17, 15) is 0 Å². The van der Waals surface area contributed by atoms with Crippen molar-refractivity contribution >= 4 is 0 Å². The molecular weight excluding hydrogens is 258 g/mol. The van der Waals surface area contributed by atoms with Gasteiger partial charge in [-0.2, -0.15) is 0 Å². The molecule has 0 atom stereocenters. The van der Waals surface area contributed by atoms with Crippen molar-refractivity contribution < 1.29 is 0 Å². The lowest BCUT2D eigenvalue weighted by atomic mass is 9.91. The van der Waals surface area contributed by atoms with Gasteiger partial charge in [-0.25, -0.2) is 0 Å². The first-order valence-electron chi connectivity index (χ1n) is 9.30. The summed E-state index contributed by atoms with van der Waals surface area (Å²) in [4.78, 5) is 7.73. The zero-order valence-electron chi connectivity index (χ0n) is 15.3. The highest BCUT2D eigenvalue weighted by Crippen LogP contribution is 2.23. The fourth-order valence-corrected chi connectivity index (χ4v) is 3.43. The number of hydrogen-bond donors (Lipinski definition) is 0. The molecule has 0 aromatic carbocycles. The normalized spacial score (nSPS) is 23.1. The number of likely N-dealkylation sites (tertiary alicyclic amines) is 1. The average molecular weight is 298 g/mol. The SMILES string of the molecule is CC.CC(C)N1CCC(CCCN2CCN(C)CC2)CC1. The third-order valence-electron chi connectivity index (χ3n) is 5.06. The van der Waals surface area contributed by atoms with Crippen molar-refractivity contribution in [1.82, 2.24) is 14.7 Å². The topological polar surface area (TPSA) is 9.72 Å². The molecule has 21 heavy (non-hydrogen) atoms. The van der Waals surface area contributed by atoms with Crippen LogP contribution in [0.25, 0.3) is 0 Å². The largest absolute Gasteiger partial charge is 0.304 e. The molecule has 2 fully saturated rings. The molecule has 2 heterocycles. The summed E-state index contributed by atoms with van der Waals surface area (Å²) >= 11 is 0. The molecule has 0 N–H and O–H groups in total. The van der Waals surface area contributed by atoms with Crippen LogP contribution in [0.3, 0.4) is 0 Å². The summed E-state index contributed by atoms with van der Waals surface area (Å²) in [5.41, 5.74) is 0. The molecule has 0 aliphatic carbocycles. The summed E-state index contributed by atoms with van der Waals surface area (Å²) < 4.78 is 0. The van der Waals surface area contributed by atoms with Gasteiger partial charge in [-0.1, -0.05) is 13.8 Å². The molecular formula is C18H39N3. The van der Waals surface area contributed by atoms with Gasteiger partial charge in [-0.05, 0) is 72.1 Å². The fraction of sp³-hybridized carbons (Fsp3) is 1.00. The van der Waals surface area contributed by atoms with E-state index in [1.165, 1.54) is 71.5 Å². The summed E-state index contributed by atoms with van der Waals surface area (Å²) in [5, 5.41) is 0. The lowest BCUT2D eigenvalue weighted by Gasteiger charge is -2.35. The monoisotopic (exact) mass is 297 g/mol. The third-order valence-corrected chi connectivity index (χ3v) is 5.06. The molecule has 0 aromatic rings. The molecule has 0 aromatic heterocycles. The molecule has 0 unspecified atom stereocenters. The Morgan fingerprint density at radius 3 is 2.00 bits per heavy atom. The molecule has 3 heteroatoms. The Balaban J connectivity index is 0.00000106. The van der Waals surface area contributed by atoms with Crippen LogP contribution in [-0.2, 0) is 0 Å². The first-order chi connectivity index (χ1) is 10.1. The molecule has 2 aliphatic heterocycles.